The average Bonchev–Trinajstić information content (AvgIpc) is 3.31. The van der Waals surface area contributed by atoms with Crippen LogP contribution in [-0.4, -0.2) is 44.4 Å². The van der Waals surface area contributed by atoms with Crippen LogP contribution in [0.2, 0.25) is 0 Å². The zero-order valence-electron chi connectivity index (χ0n) is 16.3. The Balaban J connectivity index is 1.37. The lowest BCUT2D eigenvalue weighted by Gasteiger charge is -2.32. The maximum atomic E-state index is 13.0. The predicted molar refractivity (Wildman–Crippen MR) is 110 cm³/mol. The lowest BCUT2D eigenvalue weighted by Crippen LogP contribution is -2.42. The van der Waals surface area contributed by atoms with Crippen LogP contribution in [0.4, 0.5) is 0 Å². The Morgan fingerprint density at radius 2 is 1.76 bits per heavy atom. The van der Waals surface area contributed by atoms with Crippen molar-refractivity contribution in [1.29, 1.82) is 0 Å². The molecule has 6 heteroatoms. The smallest absolute Gasteiger partial charge is 0.224 e. The van der Waals surface area contributed by atoms with E-state index in [1.54, 1.807) is 11.0 Å². The van der Waals surface area contributed by atoms with E-state index in [2.05, 4.69) is 22.2 Å². The summed E-state index contributed by atoms with van der Waals surface area (Å²) in [6.45, 7) is 1.72. The van der Waals surface area contributed by atoms with Gasteiger partial charge in [0.05, 0.1) is 6.54 Å². The van der Waals surface area contributed by atoms with E-state index in [0.717, 1.165) is 24.0 Å². The fraction of sp³-hybridized carbons (Fsp3) is 0.304. The number of Topliss-reactive ketones (excluding diaryl/α,β-unsaturated/α-hetero) is 1. The molecule has 29 heavy (non-hydrogen) atoms. The molecule has 6 nitrogen and oxygen atoms in total. The summed E-state index contributed by atoms with van der Waals surface area (Å²) in [5, 5.41) is 4.03. The van der Waals surface area contributed by atoms with Crippen molar-refractivity contribution in [2.75, 3.05) is 13.1 Å². The first-order chi connectivity index (χ1) is 14.2. The molecule has 4 rings (SSSR count). The number of aryl methyl sites for hydroxylation is 1. The molecule has 1 aliphatic rings. The normalized spacial score (nSPS) is 16.6. The van der Waals surface area contributed by atoms with Gasteiger partial charge in [-0.15, -0.1) is 0 Å². The van der Waals surface area contributed by atoms with E-state index in [1.165, 1.54) is 6.33 Å². The van der Waals surface area contributed by atoms with Crippen LogP contribution in [0.15, 0.2) is 67.3 Å². The minimum atomic E-state index is -0.137. The molecule has 0 N–H and O–H groups in total. The van der Waals surface area contributed by atoms with Crippen molar-refractivity contribution in [3.8, 4) is 11.1 Å². The summed E-state index contributed by atoms with van der Waals surface area (Å²) < 4.78 is 1.65. The summed E-state index contributed by atoms with van der Waals surface area (Å²) in [6, 6.07) is 17.9. The van der Waals surface area contributed by atoms with Crippen LogP contribution < -0.4 is 0 Å². The molecular weight excluding hydrogens is 364 g/mol. The molecule has 1 aromatic heterocycles. The van der Waals surface area contributed by atoms with Crippen molar-refractivity contribution < 1.29 is 9.59 Å². The van der Waals surface area contributed by atoms with E-state index in [4.69, 9.17) is 0 Å². The highest BCUT2D eigenvalue weighted by molar-refractivity contribution is 5.98. The number of hydrogen-bond donors (Lipinski definition) is 0. The number of benzene rings is 2. The highest BCUT2D eigenvalue weighted by Crippen LogP contribution is 2.24. The quantitative estimate of drug-likeness (QED) is 0.607. The van der Waals surface area contributed by atoms with Crippen molar-refractivity contribution in [1.82, 2.24) is 19.7 Å². The van der Waals surface area contributed by atoms with Gasteiger partial charge in [-0.1, -0.05) is 54.6 Å². The van der Waals surface area contributed by atoms with Gasteiger partial charge in [0, 0.05) is 31.0 Å². The maximum absolute atomic E-state index is 13.0. The van der Waals surface area contributed by atoms with Gasteiger partial charge in [0.15, 0.2) is 5.78 Å². The van der Waals surface area contributed by atoms with Crippen LogP contribution >= 0.6 is 0 Å². The number of nitrogens with zero attached hydrogens (tertiary/aromatic N) is 4. The second-order valence-electron chi connectivity index (χ2n) is 7.40. The molecule has 0 spiro atoms. The molecule has 1 saturated heterocycles. The number of ketones is 1. The van der Waals surface area contributed by atoms with Crippen LogP contribution in [-0.2, 0) is 11.3 Å². The van der Waals surface area contributed by atoms with E-state index >= 15 is 0 Å². The van der Waals surface area contributed by atoms with E-state index < -0.39 is 0 Å². The van der Waals surface area contributed by atoms with Crippen LogP contribution in [0.1, 0.15) is 29.6 Å². The first-order valence-corrected chi connectivity index (χ1v) is 10.0. The van der Waals surface area contributed by atoms with Crippen LogP contribution in [0, 0.1) is 5.92 Å². The average molecular weight is 388 g/mol. The second kappa shape index (κ2) is 8.82. The summed E-state index contributed by atoms with van der Waals surface area (Å²) in [4.78, 5) is 31.3. The predicted octanol–water partition coefficient (Wildman–Crippen LogP) is 3.46. The van der Waals surface area contributed by atoms with Gasteiger partial charge in [-0.3, -0.25) is 14.3 Å². The Morgan fingerprint density at radius 1 is 1.00 bits per heavy atom. The van der Waals surface area contributed by atoms with Gasteiger partial charge in [-0.25, -0.2) is 4.98 Å². The summed E-state index contributed by atoms with van der Waals surface area (Å²) >= 11 is 0. The van der Waals surface area contributed by atoms with E-state index in [1.807, 2.05) is 47.4 Å². The highest BCUT2D eigenvalue weighted by atomic mass is 16.2. The molecule has 1 fully saturated rings. The number of rotatable bonds is 6. The largest absolute Gasteiger partial charge is 0.342 e. The molecule has 148 valence electrons. The van der Waals surface area contributed by atoms with E-state index in [-0.39, 0.29) is 17.6 Å². The van der Waals surface area contributed by atoms with Crippen molar-refractivity contribution >= 4 is 11.7 Å². The SMILES string of the molecule is O=C(c1ccc(-c2ccccc2)cc1)C1CCCN(C(=O)CCn2cncn2)C1. The minimum Gasteiger partial charge on any atom is -0.342 e. The molecule has 2 heterocycles. The van der Waals surface area contributed by atoms with Gasteiger partial charge in [0.1, 0.15) is 12.7 Å². The second-order valence-corrected chi connectivity index (χ2v) is 7.40. The summed E-state index contributed by atoms with van der Waals surface area (Å²) in [6.07, 6.45) is 5.12. The third-order valence-corrected chi connectivity index (χ3v) is 5.44. The number of amides is 1. The lowest BCUT2D eigenvalue weighted by molar-refractivity contribution is -0.132. The number of piperidine rings is 1. The van der Waals surface area contributed by atoms with Gasteiger partial charge in [-0.05, 0) is 24.0 Å². The van der Waals surface area contributed by atoms with Gasteiger partial charge in [0.2, 0.25) is 5.91 Å². The first kappa shape index (κ1) is 19.1. The Hall–Kier alpha value is -3.28. The Bertz CT molecular complexity index is 952. The molecule has 1 atom stereocenters. The number of hydrogen-bond acceptors (Lipinski definition) is 4. The van der Waals surface area contributed by atoms with Crippen LogP contribution in [0.5, 0.6) is 0 Å². The standard InChI is InChI=1S/C23H24N4O2/c28-22(12-14-27-17-24-16-25-27)26-13-4-7-21(15-26)23(29)20-10-8-19(9-11-20)18-5-2-1-3-6-18/h1-3,5-6,8-11,16-17,21H,4,7,12-15H2. The fourth-order valence-corrected chi connectivity index (χ4v) is 3.83. The zero-order valence-corrected chi connectivity index (χ0v) is 16.3. The first-order valence-electron chi connectivity index (χ1n) is 10.0. The van der Waals surface area contributed by atoms with Gasteiger partial charge in [-0.2, -0.15) is 5.10 Å². The molecule has 1 aliphatic heterocycles. The maximum Gasteiger partial charge on any atom is 0.224 e. The van der Waals surface area contributed by atoms with Gasteiger partial charge < -0.3 is 4.90 Å². The molecule has 1 amide bonds. The molecule has 0 bridgehead atoms. The van der Waals surface area contributed by atoms with Crippen molar-refractivity contribution in [2.45, 2.75) is 25.8 Å². The van der Waals surface area contributed by atoms with Crippen molar-refractivity contribution in [2.24, 2.45) is 5.92 Å². The summed E-state index contributed by atoms with van der Waals surface area (Å²) in [7, 11) is 0. The molecule has 0 radical (unpaired) electrons. The lowest BCUT2D eigenvalue weighted by atomic mass is 9.89. The third-order valence-electron chi connectivity index (χ3n) is 5.44. The highest BCUT2D eigenvalue weighted by Gasteiger charge is 2.28. The molecule has 1 unspecified atom stereocenters. The Kier molecular flexibility index (Phi) is 5.79. The number of carbonyl (C=O) groups is 2. The van der Waals surface area contributed by atoms with Crippen LogP contribution in [0.3, 0.4) is 0 Å². The van der Waals surface area contributed by atoms with Crippen LogP contribution in [0.25, 0.3) is 11.1 Å². The summed E-state index contributed by atoms with van der Waals surface area (Å²) in [5.41, 5.74) is 2.94. The zero-order chi connectivity index (χ0) is 20.1. The fourth-order valence-electron chi connectivity index (χ4n) is 3.83. The summed E-state index contributed by atoms with van der Waals surface area (Å²) in [5.74, 6) is 0.0532. The molecule has 3 aromatic rings. The number of aromatic nitrogens is 3. The molecule has 0 aliphatic carbocycles. The van der Waals surface area contributed by atoms with E-state index in [0.29, 0.717) is 31.6 Å². The number of likely N-dealkylation sites (tertiary alicyclic amines) is 1. The Morgan fingerprint density at radius 3 is 2.48 bits per heavy atom. The topological polar surface area (TPSA) is 68.1 Å². The van der Waals surface area contributed by atoms with Gasteiger partial charge >= 0.3 is 0 Å². The minimum absolute atomic E-state index is 0.0671. The third kappa shape index (κ3) is 4.59. The van der Waals surface area contributed by atoms with Crippen molar-refractivity contribution in [3.63, 3.8) is 0 Å². The molecule has 0 saturated carbocycles. The molecular formula is C23H24N4O2. The Labute approximate surface area is 170 Å². The monoisotopic (exact) mass is 388 g/mol. The number of carbonyl (C=O) groups excluding carboxylic acids is 2. The van der Waals surface area contributed by atoms with Crippen molar-refractivity contribution in [3.05, 3.63) is 72.8 Å². The van der Waals surface area contributed by atoms with E-state index in [9.17, 15) is 9.59 Å². The molecule has 2 aromatic carbocycles. The van der Waals surface area contributed by atoms with Gasteiger partial charge in [0.25, 0.3) is 0 Å².